The molecule has 2 fully saturated rings. The number of fused-ring (bicyclic) bond motifs is 2. The van der Waals surface area contributed by atoms with E-state index in [2.05, 4.69) is 0 Å². The summed E-state index contributed by atoms with van der Waals surface area (Å²) in [5.41, 5.74) is 1.08. The van der Waals surface area contributed by atoms with Gasteiger partial charge in [-0.2, -0.15) is 0 Å². The lowest BCUT2D eigenvalue weighted by atomic mass is 10.0. The highest BCUT2D eigenvalue weighted by atomic mass is 16.7. The van der Waals surface area contributed by atoms with Gasteiger partial charge >= 0.3 is 0 Å². The summed E-state index contributed by atoms with van der Waals surface area (Å²) in [7, 11) is 3.36. The first-order chi connectivity index (χ1) is 9.80. The van der Waals surface area contributed by atoms with E-state index < -0.39 is 0 Å². The van der Waals surface area contributed by atoms with Crippen molar-refractivity contribution in [3.05, 3.63) is 29.8 Å². The molecule has 1 aromatic carbocycles. The smallest absolute Gasteiger partial charge is 0.186 e. The minimum absolute atomic E-state index is 0.0273. The van der Waals surface area contributed by atoms with Gasteiger partial charge in [0.1, 0.15) is 11.9 Å². The van der Waals surface area contributed by atoms with Gasteiger partial charge in [0, 0.05) is 13.5 Å². The van der Waals surface area contributed by atoms with Crippen molar-refractivity contribution in [3.63, 3.8) is 0 Å². The fourth-order valence-electron chi connectivity index (χ4n) is 2.67. The highest BCUT2D eigenvalue weighted by Crippen LogP contribution is 2.31. The van der Waals surface area contributed by atoms with Crippen LogP contribution in [-0.2, 0) is 25.6 Å². The summed E-state index contributed by atoms with van der Waals surface area (Å²) in [6.07, 6.45) is 0.503. The van der Waals surface area contributed by atoms with Gasteiger partial charge in [-0.25, -0.2) is 0 Å². The standard InChI is InChI=1S/C15H20O5/c1-16-11-5-3-10(4-6-11)8-18-14-13(17-2)7-12-9-19-15(14)20-12/h3-6,12-15H,7-9H2,1-2H3/t12?,13-,14?,15-/m1/s1. The predicted molar refractivity (Wildman–Crippen MR) is 71.6 cm³/mol. The zero-order valence-corrected chi connectivity index (χ0v) is 11.8. The van der Waals surface area contributed by atoms with E-state index in [0.29, 0.717) is 13.2 Å². The van der Waals surface area contributed by atoms with Gasteiger partial charge in [-0.3, -0.25) is 0 Å². The van der Waals surface area contributed by atoms with Gasteiger partial charge in [0.05, 0.1) is 32.5 Å². The first-order valence-electron chi connectivity index (χ1n) is 6.84. The van der Waals surface area contributed by atoms with Crippen LogP contribution >= 0.6 is 0 Å². The molecule has 2 aliphatic heterocycles. The third kappa shape index (κ3) is 2.81. The van der Waals surface area contributed by atoms with E-state index in [0.717, 1.165) is 17.7 Å². The van der Waals surface area contributed by atoms with Crippen molar-refractivity contribution in [2.24, 2.45) is 0 Å². The highest BCUT2D eigenvalue weighted by Gasteiger charge is 2.45. The first kappa shape index (κ1) is 13.8. The normalized spacial score (nSPS) is 32.3. The van der Waals surface area contributed by atoms with E-state index in [-0.39, 0.29) is 24.6 Å². The van der Waals surface area contributed by atoms with Crippen LogP contribution in [0.3, 0.4) is 0 Å². The summed E-state index contributed by atoms with van der Waals surface area (Å²) >= 11 is 0. The summed E-state index contributed by atoms with van der Waals surface area (Å²) in [6, 6.07) is 7.82. The number of benzene rings is 1. The lowest BCUT2D eigenvalue weighted by molar-refractivity contribution is -0.220. The molecule has 2 aliphatic rings. The monoisotopic (exact) mass is 280 g/mol. The lowest BCUT2D eigenvalue weighted by Crippen LogP contribution is -2.46. The maximum atomic E-state index is 5.96. The van der Waals surface area contributed by atoms with Gasteiger partial charge in [0.15, 0.2) is 6.29 Å². The molecule has 0 saturated carbocycles. The Morgan fingerprint density at radius 2 is 2.00 bits per heavy atom. The molecule has 110 valence electrons. The SMILES string of the molecule is COc1ccc(COC2[C@@H]3OCC(C[C@H]2OC)O3)cc1. The molecule has 0 spiro atoms. The van der Waals surface area contributed by atoms with Gasteiger partial charge in [-0.1, -0.05) is 12.1 Å². The van der Waals surface area contributed by atoms with Gasteiger partial charge in [0.2, 0.25) is 0 Å². The minimum atomic E-state index is -0.308. The van der Waals surface area contributed by atoms with Crippen LogP contribution in [0.25, 0.3) is 0 Å². The summed E-state index contributed by atoms with van der Waals surface area (Å²) in [5, 5.41) is 0. The lowest BCUT2D eigenvalue weighted by Gasteiger charge is -2.34. The highest BCUT2D eigenvalue weighted by molar-refractivity contribution is 5.26. The Hall–Kier alpha value is -1.14. The van der Waals surface area contributed by atoms with Crippen LogP contribution in [0.4, 0.5) is 0 Å². The number of hydrogen-bond acceptors (Lipinski definition) is 5. The molecule has 0 aromatic heterocycles. The van der Waals surface area contributed by atoms with Crippen LogP contribution in [-0.4, -0.2) is 45.4 Å². The summed E-state index contributed by atoms with van der Waals surface area (Å²) in [4.78, 5) is 0. The fraction of sp³-hybridized carbons (Fsp3) is 0.600. The van der Waals surface area contributed by atoms with Crippen LogP contribution in [0, 0.1) is 0 Å². The van der Waals surface area contributed by atoms with Crippen LogP contribution < -0.4 is 4.74 Å². The van der Waals surface area contributed by atoms with Crippen molar-refractivity contribution in [3.8, 4) is 5.75 Å². The van der Waals surface area contributed by atoms with Crippen molar-refractivity contribution < 1.29 is 23.7 Å². The number of ether oxygens (including phenoxy) is 5. The van der Waals surface area contributed by atoms with E-state index in [4.69, 9.17) is 23.7 Å². The largest absolute Gasteiger partial charge is 0.497 e. The zero-order chi connectivity index (χ0) is 13.9. The molecule has 4 atom stereocenters. The molecule has 20 heavy (non-hydrogen) atoms. The molecule has 5 heteroatoms. The topological polar surface area (TPSA) is 46.2 Å². The van der Waals surface area contributed by atoms with Crippen molar-refractivity contribution >= 4 is 0 Å². The Morgan fingerprint density at radius 3 is 2.70 bits per heavy atom. The van der Waals surface area contributed by atoms with E-state index in [1.807, 2.05) is 24.3 Å². The van der Waals surface area contributed by atoms with E-state index in [1.165, 1.54) is 0 Å². The molecular weight excluding hydrogens is 260 g/mol. The van der Waals surface area contributed by atoms with Gasteiger partial charge in [-0.05, 0) is 17.7 Å². The molecule has 0 amide bonds. The Balaban J connectivity index is 1.60. The third-order valence-corrected chi connectivity index (χ3v) is 3.81. The van der Waals surface area contributed by atoms with Crippen molar-refractivity contribution in [2.45, 2.75) is 37.6 Å². The number of methoxy groups -OCH3 is 2. The maximum Gasteiger partial charge on any atom is 0.186 e. The molecule has 5 nitrogen and oxygen atoms in total. The first-order valence-corrected chi connectivity index (χ1v) is 6.84. The maximum absolute atomic E-state index is 5.96. The van der Waals surface area contributed by atoms with Crippen molar-refractivity contribution in [1.82, 2.24) is 0 Å². The summed E-state index contributed by atoms with van der Waals surface area (Å²) in [6.45, 7) is 1.13. The van der Waals surface area contributed by atoms with E-state index in [1.54, 1.807) is 14.2 Å². The molecule has 0 aliphatic carbocycles. The molecule has 1 aromatic rings. The number of rotatable bonds is 5. The predicted octanol–water partition coefficient (Wildman–Crippen LogP) is 1.74. The summed E-state index contributed by atoms with van der Waals surface area (Å²) < 4.78 is 27.9. The quantitative estimate of drug-likeness (QED) is 0.822. The average molecular weight is 280 g/mol. The molecule has 0 N–H and O–H groups in total. The second-order valence-electron chi connectivity index (χ2n) is 5.09. The summed E-state index contributed by atoms with van der Waals surface area (Å²) in [5.74, 6) is 0.839. The molecule has 2 heterocycles. The Morgan fingerprint density at radius 1 is 1.20 bits per heavy atom. The fourth-order valence-corrected chi connectivity index (χ4v) is 2.67. The van der Waals surface area contributed by atoms with Gasteiger partial charge < -0.3 is 23.7 Å². The van der Waals surface area contributed by atoms with Crippen LogP contribution in [0.5, 0.6) is 5.75 Å². The second kappa shape index (κ2) is 6.10. The number of hydrogen-bond donors (Lipinski definition) is 0. The van der Waals surface area contributed by atoms with Crippen molar-refractivity contribution in [2.75, 3.05) is 20.8 Å². The third-order valence-electron chi connectivity index (χ3n) is 3.81. The molecule has 0 radical (unpaired) electrons. The van der Waals surface area contributed by atoms with Gasteiger partial charge in [-0.15, -0.1) is 0 Å². The minimum Gasteiger partial charge on any atom is -0.497 e. The van der Waals surface area contributed by atoms with Crippen LogP contribution in [0.15, 0.2) is 24.3 Å². The molecule has 2 saturated heterocycles. The van der Waals surface area contributed by atoms with Crippen LogP contribution in [0.2, 0.25) is 0 Å². The van der Waals surface area contributed by atoms with Gasteiger partial charge in [0.25, 0.3) is 0 Å². The van der Waals surface area contributed by atoms with E-state index in [9.17, 15) is 0 Å². The molecule has 2 bridgehead atoms. The zero-order valence-electron chi connectivity index (χ0n) is 11.8. The molecular formula is C15H20O5. The van der Waals surface area contributed by atoms with E-state index >= 15 is 0 Å². The Labute approximate surface area is 118 Å². The Kier molecular flexibility index (Phi) is 4.21. The second-order valence-corrected chi connectivity index (χ2v) is 5.09. The Bertz CT molecular complexity index is 432. The molecule has 3 rings (SSSR count). The average Bonchev–Trinajstić information content (AvgIpc) is 2.89. The van der Waals surface area contributed by atoms with Crippen molar-refractivity contribution in [1.29, 1.82) is 0 Å². The molecule has 2 unspecified atom stereocenters. The van der Waals surface area contributed by atoms with Crippen LogP contribution in [0.1, 0.15) is 12.0 Å².